The van der Waals surface area contributed by atoms with Crippen molar-refractivity contribution in [1.82, 2.24) is 0 Å². The Bertz CT molecular complexity index is 1730. The van der Waals surface area contributed by atoms with E-state index < -0.39 is 5.41 Å². The molecule has 0 spiro atoms. The summed E-state index contributed by atoms with van der Waals surface area (Å²) in [4.78, 5) is 0. The fourth-order valence-electron chi connectivity index (χ4n) is 7.24. The summed E-state index contributed by atoms with van der Waals surface area (Å²) in [6, 6.07) is 50.0. The van der Waals surface area contributed by atoms with Crippen molar-refractivity contribution in [2.45, 2.75) is 23.7 Å². The molecular weight excluding hydrogens is 710 g/mol. The molecule has 7 rings (SSSR count). The first-order valence-electron chi connectivity index (χ1n) is 13.8. The molecule has 0 aliphatic heterocycles. The van der Waals surface area contributed by atoms with Gasteiger partial charge in [0.25, 0.3) is 0 Å². The monoisotopic (exact) mass is 738 g/mol. The van der Waals surface area contributed by atoms with Crippen LogP contribution in [-0.4, -0.2) is 0 Å². The minimum Gasteiger partial charge on any atom is -0.0839 e. The third-order valence-corrected chi connectivity index (χ3v) is 10.2. The Morgan fingerprint density at radius 2 is 0.875 bits per heavy atom. The van der Waals surface area contributed by atoms with Gasteiger partial charge in [-0.15, -0.1) is 0 Å². The maximum atomic E-state index is 2.45. The third-order valence-electron chi connectivity index (χ3n) is 8.73. The Morgan fingerprint density at radius 1 is 0.450 bits per heavy atom. The van der Waals surface area contributed by atoms with Gasteiger partial charge >= 0.3 is 0 Å². The minimum absolute atomic E-state index is 0.385. The lowest BCUT2D eigenvalue weighted by atomic mass is 9.49. The summed E-state index contributed by atoms with van der Waals surface area (Å²) < 4.78 is 2.50. The van der Waals surface area contributed by atoms with Gasteiger partial charge in [0, 0.05) is 7.14 Å². The predicted octanol–water partition coefficient (Wildman–Crippen LogP) is 10.2. The van der Waals surface area contributed by atoms with Crippen LogP contribution in [0.15, 0.2) is 157 Å². The van der Waals surface area contributed by atoms with Crippen molar-refractivity contribution >= 4 is 45.2 Å². The summed E-state index contributed by atoms with van der Waals surface area (Å²) in [6.45, 7) is 0. The summed E-state index contributed by atoms with van der Waals surface area (Å²) in [6.07, 6.45) is 6.89. The van der Waals surface area contributed by atoms with Crippen LogP contribution in [-0.2, 0) is 10.8 Å². The number of benzene rings is 5. The molecule has 0 aromatic heterocycles. The first-order valence-corrected chi connectivity index (χ1v) is 16.0. The van der Waals surface area contributed by atoms with Crippen LogP contribution in [0.25, 0.3) is 0 Å². The van der Waals surface area contributed by atoms with Gasteiger partial charge in [-0.2, -0.15) is 0 Å². The molecule has 2 aliphatic carbocycles. The molecule has 0 saturated heterocycles. The molecule has 40 heavy (non-hydrogen) atoms. The van der Waals surface area contributed by atoms with Crippen molar-refractivity contribution in [1.29, 1.82) is 0 Å². The molecule has 0 radical (unpaired) electrons. The number of fused-ring (bicyclic) bond motifs is 1. The van der Waals surface area contributed by atoms with E-state index in [1.54, 1.807) is 0 Å². The van der Waals surface area contributed by atoms with Crippen LogP contribution in [0.1, 0.15) is 46.2 Å². The number of halogens is 2. The van der Waals surface area contributed by atoms with Crippen LogP contribution >= 0.6 is 45.2 Å². The lowest BCUT2D eigenvalue weighted by Gasteiger charge is -2.52. The first-order chi connectivity index (χ1) is 19.7. The number of hydrogen-bond donors (Lipinski definition) is 0. The van der Waals surface area contributed by atoms with E-state index in [2.05, 4.69) is 191 Å². The third kappa shape index (κ3) is 3.82. The largest absolute Gasteiger partial charge is 0.0839 e. The van der Waals surface area contributed by atoms with Gasteiger partial charge in [0.1, 0.15) is 0 Å². The maximum Gasteiger partial charge on any atom is 0.0704 e. The smallest absolute Gasteiger partial charge is 0.0704 e. The van der Waals surface area contributed by atoms with E-state index in [9.17, 15) is 0 Å². The Morgan fingerprint density at radius 3 is 1.43 bits per heavy atom. The summed E-state index contributed by atoms with van der Waals surface area (Å²) in [7, 11) is 0. The molecule has 0 fully saturated rings. The maximum absolute atomic E-state index is 2.45. The van der Waals surface area contributed by atoms with E-state index in [0.29, 0.717) is 0 Å². The summed E-state index contributed by atoms with van der Waals surface area (Å²) >= 11 is 4.84. The molecule has 0 bridgehead atoms. The standard InChI is InChI=1S/C38H28I2/c39-31-23-19-29(20-24-31)37(27-11-3-1-4-12-27)33-15-7-9-17-35(33)38(28-13-5-2-6-14-28,30-21-25-32(40)26-22-30)36-18-10-8-16-34(36)37/h1-9,11-17,19-26H,10,18H2. The number of allylic oxidation sites excluding steroid dienone is 4. The SMILES string of the molecule is Ic1ccc(C2(c3ccccc3)C3=C(CCC=C3)C(c3ccccc3)(c3ccc(I)cc3)c3ccccc32)cc1. The molecule has 194 valence electrons. The molecule has 5 aromatic carbocycles. The number of rotatable bonds is 4. The second-order valence-electron chi connectivity index (χ2n) is 10.6. The van der Waals surface area contributed by atoms with E-state index in [1.807, 2.05) is 0 Å². The van der Waals surface area contributed by atoms with E-state index in [1.165, 1.54) is 51.7 Å². The first kappa shape index (κ1) is 26.0. The van der Waals surface area contributed by atoms with Crippen molar-refractivity contribution in [2.24, 2.45) is 0 Å². The molecule has 0 nitrogen and oxygen atoms in total. The zero-order valence-corrected chi connectivity index (χ0v) is 26.3. The van der Waals surface area contributed by atoms with Crippen LogP contribution in [0.5, 0.6) is 0 Å². The highest BCUT2D eigenvalue weighted by Gasteiger charge is 2.54. The molecule has 0 heterocycles. The van der Waals surface area contributed by atoms with Crippen molar-refractivity contribution < 1.29 is 0 Å². The van der Waals surface area contributed by atoms with Gasteiger partial charge in [-0.05, 0) is 127 Å². The van der Waals surface area contributed by atoms with Gasteiger partial charge in [-0.1, -0.05) is 121 Å². The highest BCUT2D eigenvalue weighted by molar-refractivity contribution is 14.1. The van der Waals surface area contributed by atoms with E-state index in [4.69, 9.17) is 0 Å². The van der Waals surface area contributed by atoms with Crippen molar-refractivity contribution in [2.75, 3.05) is 0 Å². The molecule has 5 aromatic rings. The van der Waals surface area contributed by atoms with Gasteiger partial charge in [-0.3, -0.25) is 0 Å². The molecule has 2 heteroatoms. The fourth-order valence-corrected chi connectivity index (χ4v) is 7.96. The van der Waals surface area contributed by atoms with E-state index in [-0.39, 0.29) is 5.41 Å². The molecular formula is C38H28I2. The average molecular weight is 738 g/mol. The molecule has 0 amide bonds. The Balaban J connectivity index is 1.71. The van der Waals surface area contributed by atoms with Crippen LogP contribution in [0.3, 0.4) is 0 Å². The lowest BCUT2D eigenvalue weighted by molar-refractivity contribution is 0.575. The average Bonchev–Trinajstić information content (AvgIpc) is 3.02. The molecule has 0 saturated carbocycles. The molecule has 2 atom stereocenters. The van der Waals surface area contributed by atoms with Crippen molar-refractivity contribution in [3.63, 3.8) is 0 Å². The van der Waals surface area contributed by atoms with E-state index >= 15 is 0 Å². The second-order valence-corrected chi connectivity index (χ2v) is 13.1. The molecule has 0 N–H and O–H groups in total. The van der Waals surface area contributed by atoms with Crippen molar-refractivity contribution in [3.05, 3.63) is 197 Å². The minimum atomic E-state index is -0.421. The molecule has 2 aliphatic rings. The van der Waals surface area contributed by atoms with Gasteiger partial charge in [0.2, 0.25) is 0 Å². The van der Waals surface area contributed by atoms with Gasteiger partial charge in [0.15, 0.2) is 0 Å². The van der Waals surface area contributed by atoms with Gasteiger partial charge < -0.3 is 0 Å². The Hall–Kier alpha value is -2.96. The second kappa shape index (κ2) is 10.5. The van der Waals surface area contributed by atoms with Gasteiger partial charge in [-0.25, -0.2) is 0 Å². The highest BCUT2D eigenvalue weighted by Crippen LogP contribution is 2.61. The van der Waals surface area contributed by atoms with Gasteiger partial charge in [0.05, 0.1) is 10.8 Å². The quantitative estimate of drug-likeness (QED) is 0.161. The van der Waals surface area contributed by atoms with E-state index in [0.717, 1.165) is 12.8 Å². The zero-order valence-electron chi connectivity index (χ0n) is 22.0. The summed E-state index contributed by atoms with van der Waals surface area (Å²) in [5.41, 5.74) is 10.1. The van der Waals surface area contributed by atoms with Crippen LogP contribution in [0, 0.1) is 7.14 Å². The predicted molar refractivity (Wildman–Crippen MR) is 183 cm³/mol. The summed E-state index contributed by atoms with van der Waals surface area (Å²) in [5, 5.41) is 0. The number of hydrogen-bond acceptors (Lipinski definition) is 0. The Labute approximate surface area is 264 Å². The Kier molecular flexibility index (Phi) is 6.79. The topological polar surface area (TPSA) is 0 Å². The molecule has 2 unspecified atom stereocenters. The lowest BCUT2D eigenvalue weighted by Crippen LogP contribution is -2.46. The normalized spacial score (nSPS) is 21.6. The van der Waals surface area contributed by atoms with Crippen molar-refractivity contribution in [3.8, 4) is 0 Å². The summed E-state index contributed by atoms with van der Waals surface area (Å²) in [5.74, 6) is 0. The van der Waals surface area contributed by atoms with Crippen LogP contribution in [0.2, 0.25) is 0 Å². The van der Waals surface area contributed by atoms with Crippen LogP contribution < -0.4 is 0 Å². The fraction of sp³-hybridized carbons (Fsp3) is 0.105. The van der Waals surface area contributed by atoms with Crippen LogP contribution in [0.4, 0.5) is 0 Å². The zero-order chi connectivity index (χ0) is 27.2. The highest BCUT2D eigenvalue weighted by atomic mass is 127.